The van der Waals surface area contributed by atoms with Crippen LogP contribution < -0.4 is 15.8 Å². The largest absolute Gasteiger partial charge is 0.457 e. The topological polar surface area (TPSA) is 91.4 Å². The Morgan fingerprint density at radius 3 is 2.57 bits per heavy atom. The van der Waals surface area contributed by atoms with Crippen molar-refractivity contribution in [2.45, 2.75) is 52.2 Å². The zero-order valence-electron chi connectivity index (χ0n) is 18.0. The first-order valence-corrected chi connectivity index (χ1v) is 10.2. The van der Waals surface area contributed by atoms with Gasteiger partial charge in [-0.1, -0.05) is 25.1 Å². The summed E-state index contributed by atoms with van der Waals surface area (Å²) in [7, 11) is 0. The van der Waals surface area contributed by atoms with Crippen LogP contribution in [-0.2, 0) is 4.74 Å². The first-order chi connectivity index (χ1) is 14.3. The minimum Gasteiger partial charge on any atom is -0.457 e. The number of anilines is 1. The van der Waals surface area contributed by atoms with E-state index in [2.05, 4.69) is 17.2 Å². The zero-order valence-corrected chi connectivity index (χ0v) is 18.0. The molecule has 0 saturated heterocycles. The van der Waals surface area contributed by atoms with Crippen LogP contribution >= 0.6 is 0 Å². The Bertz CT molecular complexity index is 993. The predicted molar refractivity (Wildman–Crippen MR) is 119 cm³/mol. The van der Waals surface area contributed by atoms with Gasteiger partial charge in [-0.15, -0.1) is 0 Å². The van der Waals surface area contributed by atoms with Gasteiger partial charge in [-0.3, -0.25) is 0 Å². The van der Waals surface area contributed by atoms with Gasteiger partial charge in [0, 0.05) is 18.7 Å². The first-order valence-electron chi connectivity index (χ1n) is 10.2. The van der Waals surface area contributed by atoms with Gasteiger partial charge in [0.25, 0.3) is 0 Å². The molecule has 0 aliphatic rings. The molecule has 2 aromatic carbocycles. The Morgan fingerprint density at radius 1 is 1.17 bits per heavy atom. The number of amides is 1. The number of nitrogens with two attached hydrogens (primary N) is 1. The summed E-state index contributed by atoms with van der Waals surface area (Å²) in [5.41, 5.74) is 7.45. The number of carbonyl (C=O) groups excluding carboxylic acids is 1. The summed E-state index contributed by atoms with van der Waals surface area (Å²) >= 11 is 0. The summed E-state index contributed by atoms with van der Waals surface area (Å²) in [5.74, 6) is 1.94. The van der Waals surface area contributed by atoms with Gasteiger partial charge in [-0.05, 0) is 57.9 Å². The number of para-hydroxylation sites is 1. The summed E-state index contributed by atoms with van der Waals surface area (Å²) < 4.78 is 13.3. The first kappa shape index (κ1) is 21.5. The van der Waals surface area contributed by atoms with E-state index in [0.717, 1.165) is 29.0 Å². The number of nitrogens with zero attached hydrogens (tertiary/aromatic N) is 2. The van der Waals surface area contributed by atoms with Crippen LogP contribution in [0.2, 0.25) is 0 Å². The predicted octanol–water partition coefficient (Wildman–Crippen LogP) is 5.28. The average Bonchev–Trinajstić information content (AvgIpc) is 3.00. The Kier molecular flexibility index (Phi) is 6.50. The second-order valence-electron chi connectivity index (χ2n) is 8.19. The number of hydrogen-bond acceptors (Lipinski definition) is 5. The molecule has 0 spiro atoms. The Balaban J connectivity index is 1.76. The van der Waals surface area contributed by atoms with Gasteiger partial charge in [0.15, 0.2) is 0 Å². The number of imidazole rings is 1. The molecular formula is C23H30N4O3. The van der Waals surface area contributed by atoms with E-state index in [1.165, 1.54) is 0 Å². The number of aromatic nitrogens is 2. The fourth-order valence-corrected chi connectivity index (χ4v) is 3.33. The number of carbonyl (C=O) groups is 1. The lowest BCUT2D eigenvalue weighted by Gasteiger charge is -2.22. The molecule has 1 amide bonds. The smallest absolute Gasteiger partial charge is 0.407 e. The third kappa shape index (κ3) is 5.43. The molecule has 1 heterocycles. The molecule has 0 aliphatic heterocycles. The highest BCUT2D eigenvalue weighted by Gasteiger charge is 2.19. The van der Waals surface area contributed by atoms with Gasteiger partial charge in [-0.25, -0.2) is 9.78 Å². The Labute approximate surface area is 177 Å². The average molecular weight is 411 g/mol. The highest BCUT2D eigenvalue weighted by atomic mass is 16.6. The van der Waals surface area contributed by atoms with Crippen LogP contribution in [0.25, 0.3) is 11.0 Å². The highest BCUT2D eigenvalue weighted by molar-refractivity contribution is 5.80. The second kappa shape index (κ2) is 9.07. The van der Waals surface area contributed by atoms with Crippen LogP contribution in [0.5, 0.6) is 11.5 Å². The number of nitrogens with one attached hydrogen (secondary N) is 1. The van der Waals surface area contributed by atoms with Gasteiger partial charge >= 0.3 is 6.09 Å². The maximum atomic E-state index is 11.9. The van der Waals surface area contributed by atoms with Crippen LogP contribution in [0.3, 0.4) is 0 Å². The molecule has 160 valence electrons. The molecule has 0 saturated carbocycles. The van der Waals surface area contributed by atoms with Crippen molar-refractivity contribution in [2.24, 2.45) is 0 Å². The number of fused-ring (bicyclic) bond motifs is 1. The molecule has 1 aromatic heterocycles. The van der Waals surface area contributed by atoms with Gasteiger partial charge in [0.1, 0.15) is 17.1 Å². The molecule has 3 rings (SSSR count). The van der Waals surface area contributed by atoms with Crippen molar-refractivity contribution >= 4 is 23.1 Å². The number of rotatable bonds is 7. The molecular weight excluding hydrogens is 380 g/mol. The molecule has 7 heteroatoms. The summed E-state index contributed by atoms with van der Waals surface area (Å²) in [6, 6.07) is 15.5. The maximum absolute atomic E-state index is 11.9. The molecule has 3 N–H and O–H groups in total. The van der Waals surface area contributed by atoms with E-state index in [-0.39, 0.29) is 6.04 Å². The minimum absolute atomic E-state index is 0.0805. The molecule has 3 aromatic rings. The van der Waals surface area contributed by atoms with Crippen LogP contribution in [0, 0.1) is 0 Å². The SMILES string of the molecule is CCC(CCNC(=O)OC(C)(C)C)n1c(N)nc2ccc(Oc3ccccc3)cc21. The van der Waals surface area contributed by atoms with Crippen LogP contribution in [-0.4, -0.2) is 27.8 Å². The van der Waals surface area contributed by atoms with Crippen molar-refractivity contribution in [3.8, 4) is 11.5 Å². The van der Waals surface area contributed by atoms with E-state index in [4.69, 9.17) is 15.2 Å². The molecule has 1 atom stereocenters. The van der Waals surface area contributed by atoms with E-state index in [9.17, 15) is 4.79 Å². The fourth-order valence-electron chi connectivity index (χ4n) is 3.33. The summed E-state index contributed by atoms with van der Waals surface area (Å²) in [6.45, 7) is 8.10. The highest BCUT2D eigenvalue weighted by Crippen LogP contribution is 2.31. The Hall–Kier alpha value is -3.22. The lowest BCUT2D eigenvalue weighted by atomic mass is 10.1. The van der Waals surface area contributed by atoms with Crippen molar-refractivity contribution in [1.82, 2.24) is 14.9 Å². The molecule has 0 radical (unpaired) electrons. The molecule has 0 fully saturated rings. The quantitative estimate of drug-likeness (QED) is 0.553. The third-order valence-electron chi connectivity index (χ3n) is 4.65. The number of benzene rings is 2. The van der Waals surface area contributed by atoms with E-state index in [1.54, 1.807) is 0 Å². The molecule has 30 heavy (non-hydrogen) atoms. The number of nitrogen functional groups attached to an aromatic ring is 1. The van der Waals surface area contributed by atoms with Gasteiger partial charge in [0.2, 0.25) is 5.95 Å². The van der Waals surface area contributed by atoms with Crippen molar-refractivity contribution in [2.75, 3.05) is 12.3 Å². The van der Waals surface area contributed by atoms with Crippen LogP contribution in [0.15, 0.2) is 48.5 Å². The fraction of sp³-hybridized carbons (Fsp3) is 0.391. The van der Waals surface area contributed by atoms with Gasteiger partial charge in [0.05, 0.1) is 11.0 Å². The van der Waals surface area contributed by atoms with Crippen LogP contribution in [0.1, 0.15) is 46.6 Å². The normalized spacial score (nSPS) is 12.5. The van der Waals surface area contributed by atoms with Crippen molar-refractivity contribution in [1.29, 1.82) is 0 Å². The van der Waals surface area contributed by atoms with Crippen molar-refractivity contribution < 1.29 is 14.3 Å². The molecule has 7 nitrogen and oxygen atoms in total. The molecule has 1 unspecified atom stereocenters. The van der Waals surface area contributed by atoms with Gasteiger partial charge in [-0.2, -0.15) is 0 Å². The molecule has 0 aliphatic carbocycles. The summed E-state index contributed by atoms with van der Waals surface area (Å²) in [6.07, 6.45) is 1.13. The number of ether oxygens (including phenoxy) is 2. The number of alkyl carbamates (subject to hydrolysis) is 1. The van der Waals surface area contributed by atoms with Crippen molar-refractivity contribution in [3.05, 3.63) is 48.5 Å². The minimum atomic E-state index is -0.519. The Morgan fingerprint density at radius 2 is 1.90 bits per heavy atom. The zero-order chi connectivity index (χ0) is 21.7. The standard InChI is InChI=1S/C23H30N4O3/c1-5-16(13-14-25-22(28)30-23(2,3)4)27-20-15-18(11-12-19(20)26-21(27)24)29-17-9-7-6-8-10-17/h6-12,15-16H,5,13-14H2,1-4H3,(H2,24,26)(H,25,28). The van der Waals surface area contributed by atoms with E-state index >= 15 is 0 Å². The van der Waals surface area contributed by atoms with E-state index in [1.807, 2.05) is 73.9 Å². The van der Waals surface area contributed by atoms with E-state index < -0.39 is 11.7 Å². The lowest BCUT2D eigenvalue weighted by Crippen LogP contribution is -2.33. The second-order valence-corrected chi connectivity index (χ2v) is 8.19. The third-order valence-corrected chi connectivity index (χ3v) is 4.65. The van der Waals surface area contributed by atoms with Gasteiger partial charge < -0.3 is 25.1 Å². The summed E-state index contributed by atoms with van der Waals surface area (Å²) in [4.78, 5) is 16.4. The summed E-state index contributed by atoms with van der Waals surface area (Å²) in [5, 5.41) is 2.82. The molecule has 0 bridgehead atoms. The number of hydrogen-bond donors (Lipinski definition) is 2. The van der Waals surface area contributed by atoms with Crippen molar-refractivity contribution in [3.63, 3.8) is 0 Å². The maximum Gasteiger partial charge on any atom is 0.407 e. The monoisotopic (exact) mass is 410 g/mol. The lowest BCUT2D eigenvalue weighted by molar-refractivity contribution is 0.0525. The van der Waals surface area contributed by atoms with E-state index in [0.29, 0.717) is 18.9 Å². The van der Waals surface area contributed by atoms with Crippen LogP contribution in [0.4, 0.5) is 10.7 Å².